The molecule has 23 heavy (non-hydrogen) atoms. The molecule has 9 heteroatoms. The number of halogens is 1. The minimum atomic E-state index is -0.339. The quantitative estimate of drug-likeness (QED) is 0.417. The first kappa shape index (κ1) is 15.7. The van der Waals surface area contributed by atoms with Gasteiger partial charge in [0.05, 0.1) is 11.6 Å². The summed E-state index contributed by atoms with van der Waals surface area (Å²) in [6.07, 6.45) is 4.91. The van der Waals surface area contributed by atoms with Gasteiger partial charge in [0.25, 0.3) is 0 Å². The number of pyridine rings is 1. The summed E-state index contributed by atoms with van der Waals surface area (Å²) in [5.41, 5.74) is 2.15. The zero-order valence-corrected chi connectivity index (χ0v) is 13.7. The fourth-order valence-electron chi connectivity index (χ4n) is 1.92. The maximum absolute atomic E-state index is 12.2. The van der Waals surface area contributed by atoms with Crippen molar-refractivity contribution < 1.29 is 4.79 Å². The molecule has 1 atom stereocenters. The number of nitrogens with zero attached hydrogens (tertiary/aromatic N) is 4. The normalized spacial score (nSPS) is 12.3. The van der Waals surface area contributed by atoms with Gasteiger partial charge in [-0.1, -0.05) is 11.8 Å². The molecule has 0 saturated heterocycles. The van der Waals surface area contributed by atoms with Crippen LogP contribution in [0.5, 0.6) is 0 Å². The van der Waals surface area contributed by atoms with Gasteiger partial charge in [-0.3, -0.25) is 9.78 Å². The van der Waals surface area contributed by atoms with Crippen LogP contribution >= 0.6 is 23.4 Å². The second-order valence-electron chi connectivity index (χ2n) is 4.73. The molecule has 0 fully saturated rings. The molecule has 3 rings (SSSR count). The van der Waals surface area contributed by atoms with Gasteiger partial charge in [0.2, 0.25) is 11.2 Å². The highest BCUT2D eigenvalue weighted by atomic mass is 35.5. The Morgan fingerprint density at radius 3 is 2.96 bits per heavy atom. The number of hydrogen-bond acceptors (Lipinski definition) is 6. The molecule has 0 bridgehead atoms. The van der Waals surface area contributed by atoms with Crippen LogP contribution in [-0.4, -0.2) is 36.1 Å². The van der Waals surface area contributed by atoms with E-state index < -0.39 is 0 Å². The van der Waals surface area contributed by atoms with Gasteiger partial charge in [-0.25, -0.2) is 9.97 Å². The Morgan fingerprint density at radius 1 is 1.39 bits per heavy atom. The Kier molecular flexibility index (Phi) is 4.73. The van der Waals surface area contributed by atoms with E-state index in [4.69, 9.17) is 11.6 Å². The van der Waals surface area contributed by atoms with E-state index in [1.807, 2.05) is 19.1 Å². The van der Waals surface area contributed by atoms with Crippen LogP contribution in [0.25, 0.3) is 11.2 Å². The first-order valence-corrected chi connectivity index (χ1v) is 8.09. The number of carbonyl (C=O) groups excluding carboxylic acids is 1. The van der Waals surface area contributed by atoms with E-state index in [9.17, 15) is 4.79 Å². The van der Waals surface area contributed by atoms with Crippen LogP contribution in [-0.2, 0) is 11.3 Å². The smallest absolute Gasteiger partial charge is 0.233 e. The fourth-order valence-corrected chi connectivity index (χ4v) is 3.07. The van der Waals surface area contributed by atoms with Gasteiger partial charge in [0.1, 0.15) is 10.5 Å². The Morgan fingerprint density at radius 2 is 2.17 bits per heavy atom. The van der Waals surface area contributed by atoms with E-state index >= 15 is 0 Å². The second-order valence-corrected chi connectivity index (χ2v) is 6.40. The average Bonchev–Trinajstić information content (AvgIpc) is 3.02. The van der Waals surface area contributed by atoms with Crippen LogP contribution in [0.4, 0.5) is 0 Å². The summed E-state index contributed by atoms with van der Waals surface area (Å²) in [5, 5.41) is 3.26. The first-order valence-electron chi connectivity index (χ1n) is 6.83. The Hall–Kier alpha value is -2.19. The summed E-state index contributed by atoms with van der Waals surface area (Å²) in [6.45, 7) is 2.26. The highest BCUT2D eigenvalue weighted by molar-refractivity contribution is 8.00. The standard InChI is InChI=1S/C14H13ClN6OS/c1-8(12(22)17-6-9-2-4-16-5-3-9)23-13-10-11(19-7-18-10)20-14(15)21-13/h2-5,7-8H,6H2,1H3,(H,17,22)(H,18,19,20,21)/t8-/m1/s1. The van der Waals surface area contributed by atoms with Crippen LogP contribution in [0.1, 0.15) is 12.5 Å². The van der Waals surface area contributed by atoms with Crippen molar-refractivity contribution in [2.24, 2.45) is 0 Å². The minimum absolute atomic E-state index is 0.0887. The van der Waals surface area contributed by atoms with E-state index in [2.05, 4.69) is 30.2 Å². The molecule has 3 heterocycles. The number of amides is 1. The van der Waals surface area contributed by atoms with Crippen molar-refractivity contribution in [3.05, 3.63) is 41.7 Å². The number of aromatic nitrogens is 5. The molecule has 3 aromatic rings. The lowest BCUT2D eigenvalue weighted by molar-refractivity contribution is -0.120. The fraction of sp³-hybridized carbons (Fsp3) is 0.214. The van der Waals surface area contributed by atoms with E-state index in [0.29, 0.717) is 22.7 Å². The van der Waals surface area contributed by atoms with Crippen LogP contribution in [0.3, 0.4) is 0 Å². The molecule has 0 aromatic carbocycles. The number of imidazole rings is 1. The van der Waals surface area contributed by atoms with Crippen LogP contribution in [0.15, 0.2) is 35.9 Å². The highest BCUT2D eigenvalue weighted by Gasteiger charge is 2.18. The highest BCUT2D eigenvalue weighted by Crippen LogP contribution is 2.27. The third kappa shape index (κ3) is 3.77. The monoisotopic (exact) mass is 348 g/mol. The topological polar surface area (TPSA) is 96.5 Å². The molecule has 2 N–H and O–H groups in total. The lowest BCUT2D eigenvalue weighted by Gasteiger charge is -2.12. The molecule has 0 unspecified atom stereocenters. The first-order chi connectivity index (χ1) is 11.1. The number of nitrogens with one attached hydrogen (secondary N) is 2. The zero-order chi connectivity index (χ0) is 16.2. The molecule has 7 nitrogen and oxygen atoms in total. The van der Waals surface area contributed by atoms with Gasteiger partial charge in [-0.05, 0) is 36.2 Å². The molecule has 0 radical (unpaired) electrons. The zero-order valence-electron chi connectivity index (χ0n) is 12.2. The van der Waals surface area contributed by atoms with Crippen LogP contribution in [0.2, 0.25) is 5.28 Å². The number of rotatable bonds is 5. The molecule has 3 aromatic heterocycles. The Balaban J connectivity index is 1.67. The number of carbonyl (C=O) groups is 1. The molecule has 118 valence electrons. The van der Waals surface area contributed by atoms with Gasteiger partial charge in [-0.15, -0.1) is 0 Å². The van der Waals surface area contributed by atoms with Gasteiger partial charge in [0.15, 0.2) is 5.65 Å². The van der Waals surface area contributed by atoms with E-state index in [-0.39, 0.29) is 16.4 Å². The minimum Gasteiger partial charge on any atom is -0.351 e. The maximum Gasteiger partial charge on any atom is 0.233 e. The molecular weight excluding hydrogens is 336 g/mol. The largest absolute Gasteiger partial charge is 0.351 e. The average molecular weight is 349 g/mol. The third-order valence-corrected chi connectivity index (χ3v) is 4.35. The molecule has 0 aliphatic rings. The maximum atomic E-state index is 12.2. The van der Waals surface area contributed by atoms with Gasteiger partial charge >= 0.3 is 0 Å². The summed E-state index contributed by atoms with van der Waals surface area (Å²) >= 11 is 7.19. The lowest BCUT2D eigenvalue weighted by atomic mass is 10.2. The van der Waals surface area contributed by atoms with Crippen LogP contribution in [0, 0.1) is 0 Å². The van der Waals surface area contributed by atoms with E-state index in [0.717, 1.165) is 5.56 Å². The number of H-pyrrole nitrogens is 1. The van der Waals surface area contributed by atoms with Crippen molar-refractivity contribution >= 4 is 40.4 Å². The molecule has 0 aliphatic carbocycles. The van der Waals surface area contributed by atoms with Gasteiger partial charge in [0, 0.05) is 18.9 Å². The molecular formula is C14H13ClN6OS. The number of thioether (sulfide) groups is 1. The predicted octanol–water partition coefficient (Wildman–Crippen LogP) is 2.20. The number of fused-ring (bicyclic) bond motifs is 1. The van der Waals surface area contributed by atoms with Crippen molar-refractivity contribution in [1.29, 1.82) is 0 Å². The molecule has 1 amide bonds. The van der Waals surface area contributed by atoms with Crippen molar-refractivity contribution in [3.8, 4) is 0 Å². The molecule has 0 spiro atoms. The molecule has 0 aliphatic heterocycles. The number of aromatic amines is 1. The summed E-state index contributed by atoms with van der Waals surface area (Å²) in [6, 6.07) is 3.72. The summed E-state index contributed by atoms with van der Waals surface area (Å²) in [7, 11) is 0. The van der Waals surface area contributed by atoms with E-state index in [1.165, 1.54) is 18.1 Å². The summed E-state index contributed by atoms with van der Waals surface area (Å²) in [5.74, 6) is -0.0887. The second kappa shape index (κ2) is 6.93. The summed E-state index contributed by atoms with van der Waals surface area (Å²) < 4.78 is 0. The lowest BCUT2D eigenvalue weighted by Crippen LogP contribution is -2.30. The van der Waals surface area contributed by atoms with Crippen molar-refractivity contribution in [2.45, 2.75) is 23.7 Å². The summed E-state index contributed by atoms with van der Waals surface area (Å²) in [4.78, 5) is 31.4. The van der Waals surface area contributed by atoms with Crippen molar-refractivity contribution in [1.82, 2.24) is 30.2 Å². The van der Waals surface area contributed by atoms with Gasteiger partial charge < -0.3 is 10.3 Å². The van der Waals surface area contributed by atoms with Crippen molar-refractivity contribution in [2.75, 3.05) is 0 Å². The van der Waals surface area contributed by atoms with Crippen molar-refractivity contribution in [3.63, 3.8) is 0 Å². The predicted molar refractivity (Wildman–Crippen MR) is 88.1 cm³/mol. The third-order valence-electron chi connectivity index (χ3n) is 3.10. The van der Waals surface area contributed by atoms with Gasteiger partial charge in [-0.2, -0.15) is 4.98 Å². The Bertz CT molecular complexity index is 825. The van der Waals surface area contributed by atoms with Crippen LogP contribution < -0.4 is 5.32 Å². The SMILES string of the molecule is C[C@@H](Sc1nc(Cl)nc2nc[nH]c12)C(=O)NCc1ccncc1. The van der Waals surface area contributed by atoms with E-state index in [1.54, 1.807) is 12.4 Å². The number of hydrogen-bond donors (Lipinski definition) is 2. The Labute approximate surface area is 141 Å². The molecule has 0 saturated carbocycles.